The van der Waals surface area contributed by atoms with Gasteiger partial charge in [0, 0.05) is 57.2 Å². The molecular formula is C32H38F6N6O4. The molecule has 1 aliphatic carbocycles. The van der Waals surface area contributed by atoms with Crippen LogP contribution in [0.3, 0.4) is 0 Å². The standard InChI is InChI=1S/C32H38F6N6O4/c1-4-25-12-26(18-44(25)30(46)48-27-7-5-20(6-8-27)28(45)47-3)43(29-39-13-21(14-40-29)22-15-41-42(2)17-22)16-19-9-23(31(33,34)35)11-24(10-19)32(36,37)38/h9-11,13-15,20,22,25-27H,4-8,12,16-18H2,1-3H3/t20-,22?,25-,26+,27-/m1/s1. The molecule has 1 aromatic heterocycles. The SMILES string of the molecule is CC[C@@H]1C[C@H](N(Cc2cc(C(F)(F)F)cc(C(F)(F)F)c2)c2ncc(C3C=NN(C)C3)cn2)CN1C(=O)O[C@H]1CC[C@H](C(=O)OC)CC1. The molecule has 262 valence electrons. The molecule has 1 amide bonds. The van der Waals surface area contributed by atoms with Crippen molar-refractivity contribution in [3.8, 4) is 0 Å². The lowest BCUT2D eigenvalue weighted by molar-refractivity contribution is -0.147. The van der Waals surface area contributed by atoms with Crippen LogP contribution in [0.2, 0.25) is 0 Å². The Morgan fingerprint density at radius 3 is 2.10 bits per heavy atom. The van der Waals surface area contributed by atoms with Crippen molar-refractivity contribution in [3.63, 3.8) is 0 Å². The molecule has 3 atom stereocenters. The highest BCUT2D eigenvalue weighted by Gasteiger charge is 2.41. The second kappa shape index (κ2) is 14.2. The molecule has 3 heterocycles. The van der Waals surface area contributed by atoms with E-state index in [1.54, 1.807) is 33.4 Å². The number of aromatic nitrogens is 2. The number of methoxy groups -OCH3 is 1. The van der Waals surface area contributed by atoms with Gasteiger partial charge in [-0.25, -0.2) is 14.8 Å². The van der Waals surface area contributed by atoms with E-state index in [2.05, 4.69) is 15.1 Å². The molecule has 0 N–H and O–H groups in total. The number of likely N-dealkylation sites (tertiary alicyclic amines) is 1. The fraction of sp³-hybridized carbons (Fsp3) is 0.594. The number of anilines is 1. The number of benzene rings is 1. The summed E-state index contributed by atoms with van der Waals surface area (Å²) in [5, 5.41) is 5.96. The van der Waals surface area contributed by atoms with Gasteiger partial charge in [0.2, 0.25) is 5.95 Å². The molecule has 1 aromatic carbocycles. The number of esters is 1. The minimum absolute atomic E-state index is 0.0841. The quantitative estimate of drug-likeness (QED) is 0.238. The molecule has 2 fully saturated rings. The number of ether oxygens (including phenoxy) is 2. The Kier molecular flexibility index (Phi) is 10.4. The van der Waals surface area contributed by atoms with Crippen molar-refractivity contribution in [2.45, 2.75) is 88.5 Å². The molecule has 5 rings (SSSR count). The van der Waals surface area contributed by atoms with Gasteiger partial charge in [-0.15, -0.1) is 0 Å². The number of carbonyl (C=O) groups is 2. The highest BCUT2D eigenvalue weighted by molar-refractivity contribution is 5.72. The number of likely N-dealkylation sites (N-methyl/N-ethyl adjacent to an activating group) is 1. The van der Waals surface area contributed by atoms with Crippen molar-refractivity contribution < 1.29 is 45.4 Å². The fourth-order valence-corrected chi connectivity index (χ4v) is 6.63. The van der Waals surface area contributed by atoms with E-state index in [0.717, 1.165) is 5.56 Å². The van der Waals surface area contributed by atoms with Crippen LogP contribution in [0.5, 0.6) is 0 Å². The average molecular weight is 685 g/mol. The molecule has 1 unspecified atom stereocenters. The van der Waals surface area contributed by atoms with E-state index in [1.807, 2.05) is 14.0 Å². The van der Waals surface area contributed by atoms with Gasteiger partial charge in [0.05, 0.1) is 30.2 Å². The van der Waals surface area contributed by atoms with Crippen LogP contribution in [0.4, 0.5) is 37.1 Å². The molecule has 0 radical (unpaired) electrons. The van der Waals surface area contributed by atoms with Crippen molar-refractivity contribution in [2.24, 2.45) is 11.0 Å². The number of carbonyl (C=O) groups excluding carboxylic acids is 2. The lowest BCUT2D eigenvalue weighted by atomic mass is 9.87. The zero-order valence-electron chi connectivity index (χ0n) is 26.8. The summed E-state index contributed by atoms with van der Waals surface area (Å²) in [6.45, 7) is 2.19. The summed E-state index contributed by atoms with van der Waals surface area (Å²) in [5.74, 6) is -0.529. The van der Waals surface area contributed by atoms with Crippen molar-refractivity contribution in [2.75, 3.05) is 32.1 Å². The maximum atomic E-state index is 13.7. The van der Waals surface area contributed by atoms with E-state index in [0.29, 0.717) is 57.2 Å². The number of hydrogen-bond acceptors (Lipinski definition) is 9. The number of hydrogen-bond donors (Lipinski definition) is 0. The minimum Gasteiger partial charge on any atom is -0.469 e. The Bertz CT molecular complexity index is 1450. The van der Waals surface area contributed by atoms with Gasteiger partial charge in [-0.3, -0.25) is 9.80 Å². The zero-order valence-corrected chi connectivity index (χ0v) is 26.8. The molecule has 48 heavy (non-hydrogen) atoms. The summed E-state index contributed by atoms with van der Waals surface area (Å²) in [6, 6.07) is 0.632. The predicted molar refractivity (Wildman–Crippen MR) is 162 cm³/mol. The van der Waals surface area contributed by atoms with E-state index in [-0.39, 0.29) is 54.5 Å². The fourth-order valence-electron chi connectivity index (χ4n) is 6.63. The zero-order chi connectivity index (χ0) is 34.8. The third kappa shape index (κ3) is 8.12. The molecule has 2 aliphatic heterocycles. The number of nitrogens with zero attached hydrogens (tertiary/aromatic N) is 6. The third-order valence-electron chi connectivity index (χ3n) is 9.26. The Morgan fingerprint density at radius 1 is 0.958 bits per heavy atom. The first-order valence-electron chi connectivity index (χ1n) is 15.8. The van der Waals surface area contributed by atoms with Crippen LogP contribution in [-0.4, -0.2) is 83.6 Å². The lowest BCUT2D eigenvalue weighted by Gasteiger charge is -2.31. The molecule has 1 saturated heterocycles. The van der Waals surface area contributed by atoms with E-state index in [9.17, 15) is 35.9 Å². The average Bonchev–Trinajstić information content (AvgIpc) is 3.69. The number of hydrazone groups is 1. The summed E-state index contributed by atoms with van der Waals surface area (Å²) < 4.78 is 93.0. The Morgan fingerprint density at radius 2 is 1.58 bits per heavy atom. The van der Waals surface area contributed by atoms with Crippen LogP contribution in [0.25, 0.3) is 0 Å². The summed E-state index contributed by atoms with van der Waals surface area (Å²) in [7, 11) is 3.14. The van der Waals surface area contributed by atoms with Gasteiger partial charge in [-0.05, 0) is 67.9 Å². The van der Waals surface area contributed by atoms with Crippen LogP contribution >= 0.6 is 0 Å². The van der Waals surface area contributed by atoms with Crippen molar-refractivity contribution >= 4 is 24.2 Å². The second-order valence-corrected chi connectivity index (χ2v) is 12.6. The van der Waals surface area contributed by atoms with Crippen LogP contribution in [0, 0.1) is 5.92 Å². The minimum atomic E-state index is -5.01. The molecular weight excluding hydrogens is 646 g/mol. The normalized spacial score (nSPS) is 24.6. The van der Waals surface area contributed by atoms with E-state index >= 15 is 0 Å². The number of alkyl halides is 6. The Hall–Kier alpha value is -4.11. The highest BCUT2D eigenvalue weighted by Crippen LogP contribution is 2.38. The van der Waals surface area contributed by atoms with Crippen LogP contribution in [0.15, 0.2) is 35.7 Å². The van der Waals surface area contributed by atoms with Gasteiger partial charge in [-0.2, -0.15) is 31.4 Å². The van der Waals surface area contributed by atoms with Crippen LogP contribution in [0.1, 0.15) is 73.6 Å². The molecule has 3 aliphatic rings. The summed E-state index contributed by atoms with van der Waals surface area (Å²) in [6.07, 6.45) is -3.18. The number of amides is 1. The van der Waals surface area contributed by atoms with Crippen molar-refractivity contribution in [1.29, 1.82) is 0 Å². The highest BCUT2D eigenvalue weighted by atomic mass is 19.4. The summed E-state index contributed by atoms with van der Waals surface area (Å²) in [5.41, 5.74) is -2.32. The number of rotatable bonds is 8. The van der Waals surface area contributed by atoms with Gasteiger partial charge in [0.15, 0.2) is 0 Å². The first-order valence-corrected chi connectivity index (χ1v) is 15.8. The second-order valence-electron chi connectivity index (χ2n) is 12.6. The smallest absolute Gasteiger partial charge is 0.416 e. The number of halogens is 6. The molecule has 16 heteroatoms. The molecule has 0 spiro atoms. The van der Waals surface area contributed by atoms with Crippen molar-refractivity contribution in [1.82, 2.24) is 19.9 Å². The van der Waals surface area contributed by atoms with Crippen LogP contribution < -0.4 is 4.90 Å². The van der Waals surface area contributed by atoms with Gasteiger partial charge < -0.3 is 19.3 Å². The first kappa shape index (κ1) is 35.2. The van der Waals surface area contributed by atoms with Gasteiger partial charge in [0.25, 0.3) is 0 Å². The van der Waals surface area contributed by atoms with Crippen LogP contribution in [-0.2, 0) is 33.2 Å². The maximum Gasteiger partial charge on any atom is 0.416 e. The topological polar surface area (TPSA) is 100 Å². The molecule has 0 bridgehead atoms. The Balaban J connectivity index is 1.41. The van der Waals surface area contributed by atoms with Crippen molar-refractivity contribution in [3.05, 3.63) is 52.8 Å². The molecule has 1 saturated carbocycles. The van der Waals surface area contributed by atoms with E-state index in [1.165, 1.54) is 7.11 Å². The first-order chi connectivity index (χ1) is 22.7. The Labute approximate surface area is 274 Å². The maximum absolute atomic E-state index is 13.7. The summed E-state index contributed by atoms with van der Waals surface area (Å²) >= 11 is 0. The third-order valence-corrected chi connectivity index (χ3v) is 9.26. The molecule has 2 aromatic rings. The molecule has 10 nitrogen and oxygen atoms in total. The van der Waals surface area contributed by atoms with Gasteiger partial charge in [0.1, 0.15) is 6.10 Å². The van der Waals surface area contributed by atoms with E-state index in [4.69, 9.17) is 9.47 Å². The summed E-state index contributed by atoms with van der Waals surface area (Å²) in [4.78, 5) is 37.4. The van der Waals surface area contributed by atoms with E-state index < -0.39 is 41.7 Å². The van der Waals surface area contributed by atoms with Gasteiger partial charge in [-0.1, -0.05) is 6.92 Å². The lowest BCUT2D eigenvalue weighted by Crippen LogP contribution is -2.42. The predicted octanol–water partition coefficient (Wildman–Crippen LogP) is 6.26. The van der Waals surface area contributed by atoms with Gasteiger partial charge >= 0.3 is 24.4 Å². The monoisotopic (exact) mass is 684 g/mol. The largest absolute Gasteiger partial charge is 0.469 e.